The summed E-state index contributed by atoms with van der Waals surface area (Å²) in [6, 6.07) is 11.2. The maximum absolute atomic E-state index is 12.8. The van der Waals surface area contributed by atoms with Gasteiger partial charge in [-0.2, -0.15) is 4.98 Å². The lowest BCUT2D eigenvalue weighted by Crippen LogP contribution is -2.32. The van der Waals surface area contributed by atoms with E-state index in [4.69, 9.17) is 4.74 Å². The number of fused-ring (bicyclic) bond motifs is 3. The summed E-state index contributed by atoms with van der Waals surface area (Å²) in [4.78, 5) is 29.4. The molecule has 1 aliphatic rings. The molecule has 25 heavy (non-hydrogen) atoms. The molecule has 4 rings (SSSR count). The van der Waals surface area contributed by atoms with Gasteiger partial charge in [0.2, 0.25) is 5.91 Å². The lowest BCUT2D eigenvalue weighted by Gasteiger charge is -2.27. The molecule has 1 N–H and O–H groups in total. The Morgan fingerprint density at radius 2 is 2.00 bits per heavy atom. The number of ether oxygens (including phenoxy) is 1. The van der Waals surface area contributed by atoms with Crippen LogP contribution in [-0.2, 0) is 4.79 Å². The SMILES string of the molecule is COc1ccccc1[C@H]1CC(=O)Nc2c1c(=O)nc1c(C)cccn21. The Kier molecular flexibility index (Phi) is 3.53. The number of methoxy groups -OCH3 is 1. The van der Waals surface area contributed by atoms with Crippen LogP contribution in [0.5, 0.6) is 5.75 Å². The van der Waals surface area contributed by atoms with Crippen molar-refractivity contribution in [2.45, 2.75) is 19.3 Å². The molecule has 1 atom stereocenters. The minimum atomic E-state index is -0.391. The number of hydrogen-bond donors (Lipinski definition) is 1. The molecule has 0 radical (unpaired) electrons. The number of hydrogen-bond acceptors (Lipinski definition) is 4. The Morgan fingerprint density at radius 3 is 2.80 bits per heavy atom. The summed E-state index contributed by atoms with van der Waals surface area (Å²) in [5.41, 5.74) is 2.41. The monoisotopic (exact) mass is 335 g/mol. The van der Waals surface area contributed by atoms with Crippen LogP contribution in [-0.4, -0.2) is 22.4 Å². The van der Waals surface area contributed by atoms with Gasteiger partial charge in [-0.1, -0.05) is 24.3 Å². The molecule has 3 heterocycles. The van der Waals surface area contributed by atoms with Crippen molar-refractivity contribution in [2.75, 3.05) is 12.4 Å². The van der Waals surface area contributed by atoms with Crippen LogP contribution in [0.1, 0.15) is 29.0 Å². The maximum Gasteiger partial charge on any atom is 0.279 e. The van der Waals surface area contributed by atoms with Crippen molar-refractivity contribution in [1.29, 1.82) is 0 Å². The predicted octanol–water partition coefficient (Wildman–Crippen LogP) is 2.49. The van der Waals surface area contributed by atoms with Crippen molar-refractivity contribution in [1.82, 2.24) is 9.38 Å². The first kappa shape index (κ1) is 15.4. The first-order valence-corrected chi connectivity index (χ1v) is 8.05. The number of carbonyl (C=O) groups excluding carboxylic acids is 1. The van der Waals surface area contributed by atoms with Crippen molar-refractivity contribution < 1.29 is 9.53 Å². The molecule has 2 aromatic heterocycles. The summed E-state index contributed by atoms with van der Waals surface area (Å²) in [6.45, 7) is 1.89. The third-order valence-electron chi connectivity index (χ3n) is 4.61. The van der Waals surface area contributed by atoms with Gasteiger partial charge >= 0.3 is 0 Å². The zero-order chi connectivity index (χ0) is 17.6. The number of nitrogens with zero attached hydrogens (tertiary/aromatic N) is 2. The summed E-state index contributed by atoms with van der Waals surface area (Å²) in [7, 11) is 1.58. The zero-order valence-corrected chi connectivity index (χ0v) is 13.9. The first-order chi connectivity index (χ1) is 12.1. The Morgan fingerprint density at radius 1 is 1.20 bits per heavy atom. The minimum Gasteiger partial charge on any atom is -0.496 e. The third kappa shape index (κ3) is 2.38. The molecular weight excluding hydrogens is 318 g/mol. The predicted molar refractivity (Wildman–Crippen MR) is 94.3 cm³/mol. The molecule has 1 aromatic carbocycles. The Labute approximate surface area is 144 Å². The van der Waals surface area contributed by atoms with Gasteiger partial charge in [0.1, 0.15) is 17.2 Å². The summed E-state index contributed by atoms with van der Waals surface area (Å²) >= 11 is 0. The molecule has 0 aliphatic carbocycles. The van der Waals surface area contributed by atoms with Gasteiger partial charge in [-0.25, -0.2) is 0 Å². The lowest BCUT2D eigenvalue weighted by molar-refractivity contribution is -0.116. The van der Waals surface area contributed by atoms with Gasteiger partial charge in [0.15, 0.2) is 0 Å². The van der Waals surface area contributed by atoms with Crippen molar-refractivity contribution in [3.63, 3.8) is 0 Å². The summed E-state index contributed by atoms with van der Waals surface area (Å²) in [5, 5.41) is 2.85. The number of nitrogens with one attached hydrogen (secondary N) is 1. The Balaban J connectivity index is 2.04. The summed E-state index contributed by atoms with van der Waals surface area (Å²) in [6.07, 6.45) is 1.99. The van der Waals surface area contributed by atoms with Gasteiger partial charge in [0.25, 0.3) is 5.56 Å². The van der Waals surface area contributed by atoms with Crippen molar-refractivity contribution in [3.8, 4) is 5.75 Å². The average Bonchev–Trinajstić information content (AvgIpc) is 2.62. The Hall–Kier alpha value is -3.15. The fourth-order valence-corrected chi connectivity index (χ4v) is 3.45. The highest BCUT2D eigenvalue weighted by Gasteiger charge is 2.33. The minimum absolute atomic E-state index is 0.135. The number of anilines is 1. The first-order valence-electron chi connectivity index (χ1n) is 8.05. The second-order valence-corrected chi connectivity index (χ2v) is 6.11. The quantitative estimate of drug-likeness (QED) is 0.781. The van der Waals surface area contributed by atoms with Crippen LogP contribution in [0.25, 0.3) is 5.65 Å². The van der Waals surface area contributed by atoms with E-state index in [2.05, 4.69) is 10.3 Å². The highest BCUT2D eigenvalue weighted by molar-refractivity contribution is 5.94. The zero-order valence-electron chi connectivity index (χ0n) is 13.9. The molecule has 0 saturated carbocycles. The number of pyridine rings is 1. The van der Waals surface area contributed by atoms with Gasteiger partial charge in [-0.15, -0.1) is 0 Å². The van der Waals surface area contributed by atoms with Crippen molar-refractivity contribution in [2.24, 2.45) is 0 Å². The van der Waals surface area contributed by atoms with E-state index >= 15 is 0 Å². The number of para-hydroxylation sites is 1. The molecule has 1 aliphatic heterocycles. The van der Waals surface area contributed by atoms with Crippen LogP contribution in [0, 0.1) is 6.92 Å². The van der Waals surface area contributed by atoms with Gasteiger partial charge in [-0.3, -0.25) is 14.0 Å². The van der Waals surface area contributed by atoms with Crippen LogP contribution < -0.4 is 15.6 Å². The van der Waals surface area contributed by atoms with E-state index in [1.165, 1.54) is 0 Å². The normalized spacial score (nSPS) is 16.4. The van der Waals surface area contributed by atoms with Crippen molar-refractivity contribution >= 4 is 17.4 Å². The van der Waals surface area contributed by atoms with E-state index in [1.54, 1.807) is 17.7 Å². The van der Waals surface area contributed by atoms with Gasteiger partial charge in [0, 0.05) is 24.1 Å². The molecule has 0 fully saturated rings. The molecule has 126 valence electrons. The molecule has 1 amide bonds. The number of benzene rings is 1. The van der Waals surface area contributed by atoms with Crippen LogP contribution in [0.3, 0.4) is 0 Å². The molecule has 6 heteroatoms. The number of carbonyl (C=O) groups is 1. The highest BCUT2D eigenvalue weighted by Crippen LogP contribution is 2.38. The molecule has 0 spiro atoms. The van der Waals surface area contributed by atoms with Crippen LogP contribution in [0.15, 0.2) is 47.4 Å². The van der Waals surface area contributed by atoms with E-state index in [9.17, 15) is 9.59 Å². The number of aryl methyl sites for hydroxylation is 1. The lowest BCUT2D eigenvalue weighted by atomic mass is 9.86. The van der Waals surface area contributed by atoms with Crippen LogP contribution >= 0.6 is 0 Å². The second-order valence-electron chi connectivity index (χ2n) is 6.11. The van der Waals surface area contributed by atoms with Gasteiger partial charge < -0.3 is 10.1 Å². The standard InChI is InChI=1S/C19H17N3O3/c1-11-6-5-9-22-17(11)21-19(24)16-13(10-15(23)20-18(16)22)12-7-3-4-8-14(12)25-2/h3-9,13H,10H2,1-2H3,(H,20,23)/t13-/m1/s1. The maximum atomic E-state index is 12.8. The number of aromatic nitrogens is 2. The van der Waals surface area contributed by atoms with Crippen molar-refractivity contribution in [3.05, 3.63) is 69.6 Å². The summed E-state index contributed by atoms with van der Waals surface area (Å²) in [5.74, 6) is 0.620. The smallest absolute Gasteiger partial charge is 0.279 e. The highest BCUT2D eigenvalue weighted by atomic mass is 16.5. The fraction of sp³-hybridized carbons (Fsp3) is 0.211. The van der Waals surface area contributed by atoms with Gasteiger partial charge in [0.05, 0.1) is 12.7 Å². The molecule has 0 saturated heterocycles. The van der Waals surface area contributed by atoms with E-state index in [1.807, 2.05) is 43.3 Å². The number of rotatable bonds is 2. The molecule has 3 aromatic rings. The second kappa shape index (κ2) is 5.73. The van der Waals surface area contributed by atoms with E-state index in [-0.39, 0.29) is 17.9 Å². The fourth-order valence-electron chi connectivity index (χ4n) is 3.45. The number of amides is 1. The van der Waals surface area contributed by atoms with Crippen LogP contribution in [0.2, 0.25) is 0 Å². The van der Waals surface area contributed by atoms with E-state index in [0.29, 0.717) is 22.8 Å². The molecule has 0 unspecified atom stereocenters. The summed E-state index contributed by atoms with van der Waals surface area (Å²) < 4.78 is 7.20. The van der Waals surface area contributed by atoms with Gasteiger partial charge in [-0.05, 0) is 24.6 Å². The topological polar surface area (TPSA) is 72.7 Å². The molecule has 0 bridgehead atoms. The van der Waals surface area contributed by atoms with E-state index in [0.717, 1.165) is 11.1 Å². The average molecular weight is 335 g/mol. The largest absolute Gasteiger partial charge is 0.496 e. The third-order valence-corrected chi connectivity index (χ3v) is 4.61. The Bertz CT molecular complexity index is 1060. The molecule has 6 nitrogen and oxygen atoms in total. The molecular formula is C19H17N3O3. The van der Waals surface area contributed by atoms with Crippen LogP contribution in [0.4, 0.5) is 5.82 Å². The van der Waals surface area contributed by atoms with E-state index < -0.39 is 5.92 Å².